The van der Waals surface area contributed by atoms with Gasteiger partial charge in [0.1, 0.15) is 0 Å². The van der Waals surface area contributed by atoms with Crippen LogP contribution in [-0.2, 0) is 9.59 Å². The number of aryl methyl sites for hydroxylation is 2. The molecule has 3 unspecified atom stereocenters. The molecule has 0 radical (unpaired) electrons. The summed E-state index contributed by atoms with van der Waals surface area (Å²) in [5, 5.41) is 9.42. The Hall–Kier alpha value is -1.84. The van der Waals surface area contributed by atoms with Gasteiger partial charge in [0, 0.05) is 18.2 Å². The SMILES string of the molecule is Cc1ccc(C)c(N2C(=O)CC(C)C(C(=O)O)C2C)c1. The van der Waals surface area contributed by atoms with Crippen molar-refractivity contribution in [3.05, 3.63) is 29.3 Å². The van der Waals surface area contributed by atoms with Crippen LogP contribution in [0.4, 0.5) is 5.69 Å². The van der Waals surface area contributed by atoms with Gasteiger partial charge >= 0.3 is 5.97 Å². The number of carboxylic acids is 1. The van der Waals surface area contributed by atoms with Gasteiger partial charge in [0.25, 0.3) is 0 Å². The lowest BCUT2D eigenvalue weighted by Crippen LogP contribution is -2.53. The summed E-state index contributed by atoms with van der Waals surface area (Å²) < 4.78 is 0. The van der Waals surface area contributed by atoms with Gasteiger partial charge in [0.15, 0.2) is 0 Å². The predicted octanol–water partition coefficient (Wildman–Crippen LogP) is 2.77. The van der Waals surface area contributed by atoms with Crippen LogP contribution >= 0.6 is 0 Å². The minimum atomic E-state index is -0.826. The Kier molecular flexibility index (Phi) is 3.84. The zero-order chi connectivity index (χ0) is 15.0. The third kappa shape index (κ3) is 2.42. The summed E-state index contributed by atoms with van der Waals surface area (Å²) in [6, 6.07) is 5.59. The van der Waals surface area contributed by atoms with E-state index in [4.69, 9.17) is 0 Å². The number of hydrogen-bond donors (Lipinski definition) is 1. The summed E-state index contributed by atoms with van der Waals surface area (Å²) in [6.45, 7) is 7.59. The standard InChI is InChI=1S/C16H21NO3/c1-9-5-6-10(2)13(7-9)17-12(4)15(16(19)20)11(3)8-14(17)18/h5-7,11-12,15H,8H2,1-4H3,(H,19,20). The van der Waals surface area contributed by atoms with E-state index in [1.54, 1.807) is 4.90 Å². The van der Waals surface area contributed by atoms with Crippen LogP contribution in [0.15, 0.2) is 18.2 Å². The Morgan fingerprint density at radius 3 is 2.55 bits per heavy atom. The first-order chi connectivity index (χ1) is 9.32. The second-order valence-electron chi connectivity index (χ2n) is 5.84. The lowest BCUT2D eigenvalue weighted by Gasteiger charge is -2.41. The van der Waals surface area contributed by atoms with Gasteiger partial charge in [-0.15, -0.1) is 0 Å². The molecule has 0 aliphatic carbocycles. The Labute approximate surface area is 119 Å². The molecule has 0 aromatic heterocycles. The fraction of sp³-hybridized carbons (Fsp3) is 0.500. The van der Waals surface area contributed by atoms with Crippen LogP contribution in [0.5, 0.6) is 0 Å². The number of piperidine rings is 1. The number of benzene rings is 1. The van der Waals surface area contributed by atoms with Gasteiger partial charge in [-0.2, -0.15) is 0 Å². The number of nitrogens with zero attached hydrogens (tertiary/aromatic N) is 1. The van der Waals surface area contributed by atoms with Crippen molar-refractivity contribution in [1.29, 1.82) is 0 Å². The number of hydrogen-bond acceptors (Lipinski definition) is 2. The molecular formula is C16H21NO3. The fourth-order valence-corrected chi connectivity index (χ4v) is 3.15. The van der Waals surface area contributed by atoms with Crippen molar-refractivity contribution in [1.82, 2.24) is 0 Å². The number of amides is 1. The topological polar surface area (TPSA) is 57.6 Å². The molecule has 1 fully saturated rings. The van der Waals surface area contributed by atoms with E-state index in [-0.39, 0.29) is 24.3 Å². The number of rotatable bonds is 2. The van der Waals surface area contributed by atoms with E-state index in [0.717, 1.165) is 16.8 Å². The van der Waals surface area contributed by atoms with Crippen LogP contribution in [0.2, 0.25) is 0 Å². The summed E-state index contributed by atoms with van der Waals surface area (Å²) in [7, 11) is 0. The molecule has 1 heterocycles. The Morgan fingerprint density at radius 2 is 1.95 bits per heavy atom. The van der Waals surface area contributed by atoms with Gasteiger partial charge in [-0.3, -0.25) is 9.59 Å². The third-order valence-corrected chi connectivity index (χ3v) is 4.21. The Bertz CT molecular complexity index is 553. The molecule has 1 aliphatic heterocycles. The molecule has 0 saturated carbocycles. The van der Waals surface area contributed by atoms with Crippen LogP contribution in [0.1, 0.15) is 31.4 Å². The molecule has 20 heavy (non-hydrogen) atoms. The average molecular weight is 275 g/mol. The van der Waals surface area contributed by atoms with Crippen LogP contribution in [0.3, 0.4) is 0 Å². The van der Waals surface area contributed by atoms with E-state index < -0.39 is 11.9 Å². The van der Waals surface area contributed by atoms with Crippen molar-refractivity contribution in [3.63, 3.8) is 0 Å². The zero-order valence-electron chi connectivity index (χ0n) is 12.4. The molecule has 1 aliphatic rings. The molecule has 3 atom stereocenters. The largest absolute Gasteiger partial charge is 0.481 e. The van der Waals surface area contributed by atoms with E-state index in [1.807, 2.05) is 45.9 Å². The fourth-order valence-electron chi connectivity index (χ4n) is 3.15. The van der Waals surface area contributed by atoms with Gasteiger partial charge < -0.3 is 10.0 Å². The molecule has 1 amide bonds. The number of carboxylic acid groups (broad SMARTS) is 1. The first-order valence-corrected chi connectivity index (χ1v) is 6.95. The normalized spacial score (nSPS) is 26.7. The molecule has 4 nitrogen and oxygen atoms in total. The minimum absolute atomic E-state index is 0.0104. The zero-order valence-corrected chi connectivity index (χ0v) is 12.4. The molecule has 0 spiro atoms. The van der Waals surface area contributed by atoms with E-state index in [1.165, 1.54) is 0 Å². The van der Waals surface area contributed by atoms with Crippen LogP contribution < -0.4 is 4.90 Å². The maximum Gasteiger partial charge on any atom is 0.308 e. The highest BCUT2D eigenvalue weighted by Crippen LogP contribution is 2.35. The molecule has 1 N–H and O–H groups in total. The second-order valence-corrected chi connectivity index (χ2v) is 5.84. The molecule has 1 aromatic carbocycles. The summed E-state index contributed by atoms with van der Waals surface area (Å²) in [6.07, 6.45) is 0.286. The first kappa shape index (κ1) is 14.6. The van der Waals surface area contributed by atoms with Crippen LogP contribution in [0, 0.1) is 25.7 Å². The highest BCUT2D eigenvalue weighted by Gasteiger charge is 2.42. The Morgan fingerprint density at radius 1 is 1.30 bits per heavy atom. The van der Waals surface area contributed by atoms with Crippen molar-refractivity contribution in [3.8, 4) is 0 Å². The van der Waals surface area contributed by atoms with E-state index in [2.05, 4.69) is 0 Å². The summed E-state index contributed by atoms with van der Waals surface area (Å²) in [5.74, 6) is -1.46. The number of carbonyl (C=O) groups is 2. The quantitative estimate of drug-likeness (QED) is 0.903. The van der Waals surface area contributed by atoms with Gasteiger partial charge in [0.2, 0.25) is 5.91 Å². The molecule has 2 rings (SSSR count). The average Bonchev–Trinajstić information content (AvgIpc) is 2.32. The van der Waals surface area contributed by atoms with Gasteiger partial charge in [0.05, 0.1) is 5.92 Å². The lowest BCUT2D eigenvalue weighted by atomic mass is 9.80. The smallest absolute Gasteiger partial charge is 0.308 e. The number of anilines is 1. The van der Waals surface area contributed by atoms with Gasteiger partial charge in [-0.1, -0.05) is 19.1 Å². The first-order valence-electron chi connectivity index (χ1n) is 6.95. The minimum Gasteiger partial charge on any atom is -0.481 e. The number of aliphatic carboxylic acids is 1. The van der Waals surface area contributed by atoms with Crippen LogP contribution in [0.25, 0.3) is 0 Å². The van der Waals surface area contributed by atoms with Crippen molar-refractivity contribution in [2.75, 3.05) is 4.90 Å². The highest BCUT2D eigenvalue weighted by molar-refractivity contribution is 5.97. The summed E-state index contributed by atoms with van der Waals surface area (Å²) in [4.78, 5) is 25.5. The molecule has 1 saturated heterocycles. The van der Waals surface area contributed by atoms with E-state index in [9.17, 15) is 14.7 Å². The van der Waals surface area contributed by atoms with Crippen molar-refractivity contribution >= 4 is 17.6 Å². The molecule has 1 aromatic rings. The predicted molar refractivity (Wildman–Crippen MR) is 77.8 cm³/mol. The van der Waals surface area contributed by atoms with Gasteiger partial charge in [-0.05, 0) is 43.9 Å². The lowest BCUT2D eigenvalue weighted by molar-refractivity contribution is -0.146. The second kappa shape index (κ2) is 5.27. The maximum atomic E-state index is 12.4. The summed E-state index contributed by atoms with van der Waals surface area (Å²) in [5.41, 5.74) is 2.89. The van der Waals surface area contributed by atoms with E-state index in [0.29, 0.717) is 0 Å². The Balaban J connectivity index is 2.46. The van der Waals surface area contributed by atoms with Crippen molar-refractivity contribution < 1.29 is 14.7 Å². The molecular weight excluding hydrogens is 254 g/mol. The molecule has 108 valence electrons. The monoisotopic (exact) mass is 275 g/mol. The number of carbonyl (C=O) groups excluding carboxylic acids is 1. The van der Waals surface area contributed by atoms with E-state index >= 15 is 0 Å². The van der Waals surface area contributed by atoms with Crippen LogP contribution in [-0.4, -0.2) is 23.0 Å². The maximum absolute atomic E-state index is 12.4. The van der Waals surface area contributed by atoms with Crippen molar-refractivity contribution in [2.45, 2.75) is 40.2 Å². The third-order valence-electron chi connectivity index (χ3n) is 4.21. The highest BCUT2D eigenvalue weighted by atomic mass is 16.4. The molecule has 0 bridgehead atoms. The van der Waals surface area contributed by atoms with Gasteiger partial charge in [-0.25, -0.2) is 0 Å². The molecule has 4 heteroatoms. The van der Waals surface area contributed by atoms with Crippen molar-refractivity contribution in [2.24, 2.45) is 11.8 Å². The summed E-state index contributed by atoms with van der Waals surface area (Å²) >= 11 is 0.